The van der Waals surface area contributed by atoms with E-state index in [4.69, 9.17) is 10.5 Å². The number of ether oxygens (including phenoxy) is 1. The van der Waals surface area contributed by atoms with Crippen LogP contribution < -0.4 is 5.73 Å². The Kier molecular flexibility index (Phi) is 4.51. The first-order valence-electron chi connectivity index (χ1n) is 4.61. The van der Waals surface area contributed by atoms with Crippen LogP contribution in [0, 0.1) is 0 Å². The van der Waals surface area contributed by atoms with Gasteiger partial charge in [0, 0.05) is 19.3 Å². The van der Waals surface area contributed by atoms with Crippen molar-refractivity contribution < 1.29 is 9.84 Å². The van der Waals surface area contributed by atoms with E-state index < -0.39 is 6.10 Å². The number of aliphatic hydroxyl groups is 1. The Morgan fingerprint density at radius 1 is 1.71 bits per heavy atom. The Balaban J connectivity index is 2.35. The first-order chi connectivity index (χ1) is 6.76. The van der Waals surface area contributed by atoms with E-state index in [1.165, 1.54) is 0 Å². The second-order valence-corrected chi connectivity index (χ2v) is 2.95. The van der Waals surface area contributed by atoms with Crippen LogP contribution >= 0.6 is 0 Å². The number of hydrogen-bond acceptors (Lipinski definition) is 5. The van der Waals surface area contributed by atoms with Gasteiger partial charge in [0.1, 0.15) is 0 Å². The molecule has 0 aromatic carbocycles. The normalized spacial score (nSPS) is 13.1. The van der Waals surface area contributed by atoms with Crippen molar-refractivity contribution in [3.63, 3.8) is 0 Å². The smallest absolute Gasteiger partial charge is 0.0969 e. The van der Waals surface area contributed by atoms with E-state index in [1.807, 2.05) is 6.92 Å². The molecule has 80 valence electrons. The molecular weight excluding hydrogens is 184 g/mol. The molecule has 0 aliphatic heterocycles. The Morgan fingerprint density at radius 3 is 3.07 bits per heavy atom. The molecule has 0 bridgehead atoms. The molecule has 1 heterocycles. The Labute approximate surface area is 82.7 Å². The van der Waals surface area contributed by atoms with Gasteiger partial charge in [-0.05, 0) is 6.92 Å². The van der Waals surface area contributed by atoms with Crippen LogP contribution in [0.2, 0.25) is 0 Å². The van der Waals surface area contributed by atoms with E-state index in [0.717, 1.165) is 0 Å². The lowest BCUT2D eigenvalue weighted by molar-refractivity contribution is 0.0313. The van der Waals surface area contributed by atoms with Crippen LogP contribution in [0.1, 0.15) is 12.6 Å². The fourth-order valence-electron chi connectivity index (χ4n) is 1.04. The summed E-state index contributed by atoms with van der Waals surface area (Å²) in [5, 5.41) is 17.1. The highest BCUT2D eigenvalue weighted by atomic mass is 16.5. The van der Waals surface area contributed by atoms with Crippen molar-refractivity contribution in [1.82, 2.24) is 15.0 Å². The lowest BCUT2D eigenvalue weighted by Crippen LogP contribution is -2.22. The lowest BCUT2D eigenvalue weighted by Gasteiger charge is -2.09. The largest absolute Gasteiger partial charge is 0.389 e. The van der Waals surface area contributed by atoms with E-state index >= 15 is 0 Å². The molecule has 0 fully saturated rings. The average Bonchev–Trinajstić information content (AvgIpc) is 2.62. The summed E-state index contributed by atoms with van der Waals surface area (Å²) in [5.74, 6) is 0. The molecule has 6 heteroatoms. The summed E-state index contributed by atoms with van der Waals surface area (Å²) in [4.78, 5) is 0. The molecule has 1 rings (SSSR count). The summed E-state index contributed by atoms with van der Waals surface area (Å²) in [6.07, 6.45) is 1.16. The first kappa shape index (κ1) is 11.1. The van der Waals surface area contributed by atoms with Crippen LogP contribution in [-0.2, 0) is 17.8 Å². The molecule has 1 aromatic heterocycles. The zero-order valence-corrected chi connectivity index (χ0v) is 8.26. The topological polar surface area (TPSA) is 86.2 Å². The third-order valence-electron chi connectivity index (χ3n) is 1.71. The van der Waals surface area contributed by atoms with Crippen molar-refractivity contribution in [1.29, 1.82) is 0 Å². The van der Waals surface area contributed by atoms with Gasteiger partial charge in [-0.1, -0.05) is 5.21 Å². The van der Waals surface area contributed by atoms with Crippen LogP contribution in [0.5, 0.6) is 0 Å². The highest BCUT2D eigenvalue weighted by molar-refractivity contribution is 4.90. The van der Waals surface area contributed by atoms with Gasteiger partial charge in [-0.25, -0.2) is 4.68 Å². The molecule has 0 radical (unpaired) electrons. The van der Waals surface area contributed by atoms with Gasteiger partial charge in [-0.15, -0.1) is 5.10 Å². The molecule has 3 N–H and O–H groups in total. The van der Waals surface area contributed by atoms with E-state index in [-0.39, 0.29) is 0 Å². The minimum Gasteiger partial charge on any atom is -0.389 e. The molecule has 6 nitrogen and oxygen atoms in total. The van der Waals surface area contributed by atoms with Gasteiger partial charge in [0.05, 0.1) is 24.9 Å². The van der Waals surface area contributed by atoms with Gasteiger partial charge >= 0.3 is 0 Å². The summed E-state index contributed by atoms with van der Waals surface area (Å²) in [6.45, 7) is 3.54. The highest BCUT2D eigenvalue weighted by Crippen LogP contribution is 1.94. The summed E-state index contributed by atoms with van der Waals surface area (Å²) >= 11 is 0. The fraction of sp³-hybridized carbons (Fsp3) is 0.750. The SMILES string of the molecule is CCOCC(O)Cn1cc(CN)nn1. The van der Waals surface area contributed by atoms with Crippen LogP contribution in [0.4, 0.5) is 0 Å². The Morgan fingerprint density at radius 2 is 2.50 bits per heavy atom. The molecule has 0 amide bonds. The van der Waals surface area contributed by atoms with Crippen LogP contribution in [0.15, 0.2) is 6.20 Å². The lowest BCUT2D eigenvalue weighted by atomic mass is 10.4. The second kappa shape index (κ2) is 5.69. The van der Waals surface area contributed by atoms with Gasteiger partial charge in [0.25, 0.3) is 0 Å². The third-order valence-corrected chi connectivity index (χ3v) is 1.71. The molecule has 1 aromatic rings. The van der Waals surface area contributed by atoms with E-state index in [0.29, 0.717) is 32.0 Å². The van der Waals surface area contributed by atoms with Crippen molar-refractivity contribution >= 4 is 0 Å². The van der Waals surface area contributed by atoms with Gasteiger partial charge in [-0.3, -0.25) is 0 Å². The molecule has 0 aliphatic rings. The van der Waals surface area contributed by atoms with Crippen LogP contribution in [0.25, 0.3) is 0 Å². The number of nitrogens with zero attached hydrogens (tertiary/aromatic N) is 3. The Hall–Kier alpha value is -0.980. The zero-order chi connectivity index (χ0) is 10.4. The summed E-state index contributed by atoms with van der Waals surface area (Å²) in [7, 11) is 0. The molecule has 1 atom stereocenters. The van der Waals surface area contributed by atoms with Gasteiger partial charge in [0.2, 0.25) is 0 Å². The van der Waals surface area contributed by atoms with Gasteiger partial charge in [-0.2, -0.15) is 0 Å². The van der Waals surface area contributed by atoms with Gasteiger partial charge < -0.3 is 15.6 Å². The maximum Gasteiger partial charge on any atom is 0.0969 e. The van der Waals surface area contributed by atoms with E-state index in [1.54, 1.807) is 10.9 Å². The first-order valence-corrected chi connectivity index (χ1v) is 4.61. The molecule has 0 saturated carbocycles. The highest BCUT2D eigenvalue weighted by Gasteiger charge is 2.06. The number of aromatic nitrogens is 3. The summed E-state index contributed by atoms with van der Waals surface area (Å²) in [6, 6.07) is 0. The van der Waals surface area contributed by atoms with Crippen molar-refractivity contribution in [2.24, 2.45) is 5.73 Å². The van der Waals surface area contributed by atoms with Crippen molar-refractivity contribution in [2.75, 3.05) is 13.2 Å². The van der Waals surface area contributed by atoms with Gasteiger partial charge in [0.15, 0.2) is 0 Å². The number of aliphatic hydroxyl groups excluding tert-OH is 1. The predicted molar refractivity (Wildman–Crippen MR) is 50.4 cm³/mol. The fourth-order valence-corrected chi connectivity index (χ4v) is 1.04. The summed E-state index contributed by atoms with van der Waals surface area (Å²) < 4.78 is 6.63. The molecule has 14 heavy (non-hydrogen) atoms. The number of nitrogens with two attached hydrogens (primary N) is 1. The van der Waals surface area contributed by atoms with E-state index in [9.17, 15) is 5.11 Å². The Bertz CT molecular complexity index is 264. The van der Waals surface area contributed by atoms with Crippen LogP contribution in [0.3, 0.4) is 0 Å². The monoisotopic (exact) mass is 200 g/mol. The number of hydrogen-bond donors (Lipinski definition) is 2. The second-order valence-electron chi connectivity index (χ2n) is 2.95. The molecule has 1 unspecified atom stereocenters. The molecule has 0 aliphatic carbocycles. The molecular formula is C8H16N4O2. The average molecular weight is 200 g/mol. The summed E-state index contributed by atoms with van der Waals surface area (Å²) in [5.41, 5.74) is 6.09. The van der Waals surface area contributed by atoms with E-state index in [2.05, 4.69) is 10.3 Å². The van der Waals surface area contributed by atoms with Crippen molar-refractivity contribution in [3.05, 3.63) is 11.9 Å². The standard InChI is InChI=1S/C8H16N4O2/c1-2-14-6-8(13)5-12-4-7(3-9)10-11-12/h4,8,13H,2-3,5-6,9H2,1H3. The molecule has 0 spiro atoms. The van der Waals surface area contributed by atoms with Crippen molar-refractivity contribution in [2.45, 2.75) is 26.1 Å². The molecule has 0 saturated heterocycles. The number of rotatable bonds is 6. The zero-order valence-electron chi connectivity index (χ0n) is 8.26. The minimum atomic E-state index is -0.553. The maximum atomic E-state index is 9.47. The van der Waals surface area contributed by atoms with Crippen molar-refractivity contribution in [3.8, 4) is 0 Å². The minimum absolute atomic E-state index is 0.314. The maximum absolute atomic E-state index is 9.47. The van der Waals surface area contributed by atoms with Crippen LogP contribution in [-0.4, -0.2) is 39.4 Å². The quantitative estimate of drug-likeness (QED) is 0.623. The third kappa shape index (κ3) is 3.41. The predicted octanol–water partition coefficient (Wildman–Crippen LogP) is -0.866.